The molecular weight excluding hydrogens is 246 g/mol. The summed E-state index contributed by atoms with van der Waals surface area (Å²) in [5.41, 5.74) is 2.10. The highest BCUT2D eigenvalue weighted by molar-refractivity contribution is 6.31. The summed E-state index contributed by atoms with van der Waals surface area (Å²) in [5.74, 6) is 0.986. The largest absolute Gasteiger partial charge is 0.458 e. The zero-order valence-corrected chi connectivity index (χ0v) is 10.3. The fraction of sp³-hybridized carbons (Fsp3) is 0.0667. The molecule has 0 spiro atoms. The van der Waals surface area contributed by atoms with Crippen molar-refractivity contribution >= 4 is 39.4 Å². The van der Waals surface area contributed by atoms with E-state index < -0.39 is 0 Å². The van der Waals surface area contributed by atoms with Gasteiger partial charge in [0.15, 0.2) is 0 Å². The van der Waals surface area contributed by atoms with Crippen LogP contribution in [0.2, 0.25) is 5.02 Å². The quantitative estimate of drug-likeness (QED) is 0.647. The van der Waals surface area contributed by atoms with E-state index >= 15 is 0 Å². The van der Waals surface area contributed by atoms with Crippen LogP contribution in [-0.2, 0) is 6.54 Å². The maximum absolute atomic E-state index is 6.08. The second kappa shape index (κ2) is 3.53. The maximum Gasteiger partial charge on any atom is 0.142 e. The van der Waals surface area contributed by atoms with Gasteiger partial charge in [-0.2, -0.15) is 0 Å². The first-order valence-electron chi connectivity index (χ1n) is 5.86. The molecule has 3 heteroatoms. The molecule has 0 saturated heterocycles. The molecule has 1 aromatic heterocycles. The number of benzene rings is 2. The lowest BCUT2D eigenvalue weighted by atomic mass is 10.0. The highest BCUT2D eigenvalue weighted by atomic mass is 35.5. The number of fused-ring (bicyclic) bond motifs is 5. The average molecular weight is 256 g/mol. The Balaban J connectivity index is 2.19. The first-order valence-corrected chi connectivity index (χ1v) is 6.24. The van der Waals surface area contributed by atoms with E-state index in [9.17, 15) is 0 Å². The van der Waals surface area contributed by atoms with E-state index in [1.807, 2.05) is 24.4 Å². The van der Waals surface area contributed by atoms with Crippen LogP contribution in [0.15, 0.2) is 40.9 Å². The first-order chi connectivity index (χ1) is 8.83. The van der Waals surface area contributed by atoms with Gasteiger partial charge in [0.2, 0.25) is 0 Å². The summed E-state index contributed by atoms with van der Waals surface area (Å²) in [5, 5.41) is 7.27. The van der Waals surface area contributed by atoms with Gasteiger partial charge in [0.25, 0.3) is 0 Å². The fourth-order valence-electron chi connectivity index (χ4n) is 2.52. The third-order valence-corrected chi connectivity index (χ3v) is 3.62. The molecule has 0 bridgehead atoms. The van der Waals surface area contributed by atoms with Gasteiger partial charge in [-0.05, 0) is 35.9 Å². The van der Waals surface area contributed by atoms with E-state index in [1.165, 1.54) is 5.56 Å². The van der Waals surface area contributed by atoms with Crippen molar-refractivity contribution in [3.8, 4) is 0 Å². The standard InChI is InChI=1S/C15H10ClNO/c16-10-3-1-9-2-4-12-11-5-6-17-8-14(11)18-15(12)13(9)7-10/h1-7,17H,8H2. The highest BCUT2D eigenvalue weighted by Crippen LogP contribution is 2.34. The summed E-state index contributed by atoms with van der Waals surface area (Å²) in [6, 6.07) is 10.1. The number of halogens is 1. The fourth-order valence-corrected chi connectivity index (χ4v) is 2.69. The number of rotatable bonds is 0. The second-order valence-electron chi connectivity index (χ2n) is 4.46. The summed E-state index contributed by atoms with van der Waals surface area (Å²) in [6.07, 6.45) is 4.01. The van der Waals surface area contributed by atoms with E-state index in [-0.39, 0.29) is 0 Å². The summed E-state index contributed by atoms with van der Waals surface area (Å²) in [7, 11) is 0. The lowest BCUT2D eigenvalue weighted by Crippen LogP contribution is -2.07. The number of furan rings is 1. The monoisotopic (exact) mass is 255 g/mol. The Kier molecular flexibility index (Phi) is 1.97. The molecule has 88 valence electrons. The number of hydrogen-bond acceptors (Lipinski definition) is 2. The molecule has 0 unspecified atom stereocenters. The highest BCUT2D eigenvalue weighted by Gasteiger charge is 2.15. The van der Waals surface area contributed by atoms with Crippen LogP contribution in [0.5, 0.6) is 0 Å². The Labute approximate surface area is 109 Å². The average Bonchev–Trinajstić information content (AvgIpc) is 2.78. The van der Waals surface area contributed by atoms with E-state index in [1.54, 1.807) is 0 Å². The number of hydrogen-bond donors (Lipinski definition) is 1. The normalized spacial score (nSPS) is 13.8. The molecule has 2 nitrogen and oxygen atoms in total. The molecule has 0 atom stereocenters. The van der Waals surface area contributed by atoms with Crippen LogP contribution >= 0.6 is 11.6 Å². The summed E-state index contributed by atoms with van der Waals surface area (Å²) in [4.78, 5) is 0. The smallest absolute Gasteiger partial charge is 0.142 e. The Bertz CT molecular complexity index is 801. The van der Waals surface area contributed by atoms with Gasteiger partial charge in [-0.3, -0.25) is 0 Å². The van der Waals surface area contributed by atoms with Crippen LogP contribution in [0, 0.1) is 0 Å². The SMILES string of the molecule is Clc1ccc2ccc3c4c(oc3c2c1)CNC=C4. The predicted molar refractivity (Wildman–Crippen MR) is 74.6 cm³/mol. The van der Waals surface area contributed by atoms with Gasteiger partial charge in [-0.15, -0.1) is 0 Å². The van der Waals surface area contributed by atoms with Crippen LogP contribution in [0.1, 0.15) is 11.3 Å². The van der Waals surface area contributed by atoms with Crippen molar-refractivity contribution < 1.29 is 4.42 Å². The zero-order valence-electron chi connectivity index (χ0n) is 9.53. The molecule has 1 aliphatic rings. The van der Waals surface area contributed by atoms with Crippen LogP contribution in [0.3, 0.4) is 0 Å². The summed E-state index contributed by atoms with van der Waals surface area (Å²) < 4.78 is 5.99. The van der Waals surface area contributed by atoms with Crippen molar-refractivity contribution in [1.82, 2.24) is 5.32 Å². The molecule has 0 aliphatic carbocycles. The van der Waals surface area contributed by atoms with Gasteiger partial charge in [0.1, 0.15) is 11.3 Å². The molecule has 18 heavy (non-hydrogen) atoms. The molecule has 0 fully saturated rings. The molecule has 0 radical (unpaired) electrons. The van der Waals surface area contributed by atoms with Crippen molar-refractivity contribution in [2.75, 3.05) is 0 Å². The van der Waals surface area contributed by atoms with E-state index in [2.05, 4.69) is 23.5 Å². The molecule has 0 amide bonds. The van der Waals surface area contributed by atoms with E-state index in [4.69, 9.17) is 16.0 Å². The van der Waals surface area contributed by atoms with Crippen molar-refractivity contribution in [1.29, 1.82) is 0 Å². The predicted octanol–water partition coefficient (Wildman–Crippen LogP) is 4.31. The minimum Gasteiger partial charge on any atom is -0.458 e. The molecular formula is C15H10ClNO. The van der Waals surface area contributed by atoms with Gasteiger partial charge >= 0.3 is 0 Å². The molecule has 4 rings (SSSR count). The van der Waals surface area contributed by atoms with Crippen molar-refractivity contribution in [2.24, 2.45) is 0 Å². The van der Waals surface area contributed by atoms with Crippen LogP contribution in [0.4, 0.5) is 0 Å². The summed E-state index contributed by atoms with van der Waals surface area (Å²) >= 11 is 6.08. The van der Waals surface area contributed by atoms with E-state index in [0.717, 1.165) is 39.1 Å². The molecule has 2 heterocycles. The minimum absolute atomic E-state index is 0.734. The van der Waals surface area contributed by atoms with Crippen LogP contribution in [-0.4, -0.2) is 0 Å². The minimum atomic E-state index is 0.734. The molecule has 3 aromatic rings. The van der Waals surface area contributed by atoms with Crippen molar-refractivity contribution in [3.05, 3.63) is 52.9 Å². The first kappa shape index (κ1) is 10.0. The molecule has 0 saturated carbocycles. The van der Waals surface area contributed by atoms with Gasteiger partial charge in [0, 0.05) is 21.4 Å². The van der Waals surface area contributed by atoms with Crippen LogP contribution < -0.4 is 5.32 Å². The summed E-state index contributed by atoms with van der Waals surface area (Å²) in [6.45, 7) is 0.739. The molecule has 1 N–H and O–H groups in total. The van der Waals surface area contributed by atoms with Gasteiger partial charge < -0.3 is 9.73 Å². The Morgan fingerprint density at radius 2 is 2.00 bits per heavy atom. The van der Waals surface area contributed by atoms with Gasteiger partial charge in [0.05, 0.1) is 6.54 Å². The second-order valence-corrected chi connectivity index (χ2v) is 4.90. The maximum atomic E-state index is 6.08. The lowest BCUT2D eigenvalue weighted by Gasteiger charge is -2.04. The molecule has 1 aliphatic heterocycles. The Hall–Kier alpha value is -1.93. The Morgan fingerprint density at radius 1 is 1.11 bits per heavy atom. The van der Waals surface area contributed by atoms with Crippen molar-refractivity contribution in [2.45, 2.75) is 6.54 Å². The van der Waals surface area contributed by atoms with Gasteiger partial charge in [-0.25, -0.2) is 0 Å². The molecule has 2 aromatic carbocycles. The third-order valence-electron chi connectivity index (χ3n) is 3.38. The van der Waals surface area contributed by atoms with E-state index in [0.29, 0.717) is 0 Å². The zero-order chi connectivity index (χ0) is 12.1. The number of nitrogens with one attached hydrogen (secondary N) is 1. The Morgan fingerprint density at radius 3 is 2.94 bits per heavy atom. The lowest BCUT2D eigenvalue weighted by molar-refractivity contribution is 0.534. The third kappa shape index (κ3) is 1.30. The topological polar surface area (TPSA) is 25.2 Å². The van der Waals surface area contributed by atoms with Gasteiger partial charge in [-0.1, -0.05) is 23.7 Å². The van der Waals surface area contributed by atoms with Crippen LogP contribution in [0.25, 0.3) is 27.8 Å². The van der Waals surface area contributed by atoms with Crippen molar-refractivity contribution in [3.63, 3.8) is 0 Å².